The molecule has 0 aliphatic carbocycles. The van der Waals surface area contributed by atoms with Gasteiger partial charge in [0.2, 0.25) is 6.79 Å². The topological polar surface area (TPSA) is 51.2 Å². The van der Waals surface area contributed by atoms with Crippen LogP contribution in [0.5, 0.6) is 11.5 Å². The predicted octanol–water partition coefficient (Wildman–Crippen LogP) is 1.76. The number of benzene rings is 1. The maximum absolute atomic E-state index is 12.9. The normalized spacial score (nSPS) is 26.0. The highest BCUT2D eigenvalue weighted by Gasteiger charge is 2.35. The average Bonchev–Trinajstić information content (AvgIpc) is 3.00. The highest BCUT2D eigenvalue weighted by atomic mass is 16.7. The fraction of sp³-hybridized carbons (Fsp3) is 0.526. The molecule has 3 aliphatic heterocycles. The zero-order valence-electron chi connectivity index (χ0n) is 14.4. The number of carbonyl (C=O) groups is 1. The molecule has 0 radical (unpaired) electrons. The Kier molecular flexibility index (Phi) is 4.63. The molecule has 6 nitrogen and oxygen atoms in total. The molecule has 0 bridgehead atoms. The van der Waals surface area contributed by atoms with Crippen molar-refractivity contribution in [2.75, 3.05) is 46.1 Å². The van der Waals surface area contributed by atoms with Crippen molar-refractivity contribution in [3.63, 3.8) is 0 Å². The van der Waals surface area contributed by atoms with Crippen molar-refractivity contribution in [2.45, 2.75) is 12.5 Å². The number of rotatable bonds is 3. The standard InChI is InChI=1S/C19H24N2O4/c1-2-6-20-8-9-23-18-12-21(7-5-15(18)11-20)19(22)14-3-4-16-17(10-14)25-13-24-16/h2-4,10,15,18H,1,5-9,11-13H2/t15-,18-/m0/s1. The number of piperidine rings is 1. The van der Waals surface area contributed by atoms with Gasteiger partial charge in [0.15, 0.2) is 11.5 Å². The summed E-state index contributed by atoms with van der Waals surface area (Å²) in [5.41, 5.74) is 0.643. The second-order valence-electron chi connectivity index (χ2n) is 6.83. The van der Waals surface area contributed by atoms with Crippen molar-refractivity contribution < 1.29 is 19.0 Å². The maximum Gasteiger partial charge on any atom is 0.254 e. The molecule has 0 N–H and O–H groups in total. The summed E-state index contributed by atoms with van der Waals surface area (Å²) in [5.74, 6) is 1.85. The number of hydrogen-bond acceptors (Lipinski definition) is 5. The van der Waals surface area contributed by atoms with E-state index in [1.165, 1.54) is 0 Å². The van der Waals surface area contributed by atoms with E-state index in [2.05, 4.69) is 11.5 Å². The zero-order valence-corrected chi connectivity index (χ0v) is 14.4. The van der Waals surface area contributed by atoms with Crippen LogP contribution in [0.3, 0.4) is 0 Å². The highest BCUT2D eigenvalue weighted by Crippen LogP contribution is 2.33. The average molecular weight is 344 g/mol. The van der Waals surface area contributed by atoms with E-state index < -0.39 is 0 Å². The first-order valence-electron chi connectivity index (χ1n) is 8.88. The molecule has 0 unspecified atom stereocenters. The van der Waals surface area contributed by atoms with Gasteiger partial charge in [-0.25, -0.2) is 0 Å². The van der Waals surface area contributed by atoms with Crippen LogP contribution in [0, 0.1) is 5.92 Å². The van der Waals surface area contributed by atoms with E-state index >= 15 is 0 Å². The lowest BCUT2D eigenvalue weighted by atomic mass is 9.93. The molecule has 6 heteroatoms. The first-order valence-corrected chi connectivity index (χ1v) is 8.88. The highest BCUT2D eigenvalue weighted by molar-refractivity contribution is 5.95. The summed E-state index contributed by atoms with van der Waals surface area (Å²) >= 11 is 0. The second-order valence-corrected chi connectivity index (χ2v) is 6.83. The second kappa shape index (κ2) is 7.06. The monoisotopic (exact) mass is 344 g/mol. The van der Waals surface area contributed by atoms with Crippen LogP contribution in [0.1, 0.15) is 16.8 Å². The third-order valence-electron chi connectivity index (χ3n) is 5.22. The summed E-state index contributed by atoms with van der Waals surface area (Å²) in [6.07, 6.45) is 3.02. The van der Waals surface area contributed by atoms with Crippen LogP contribution in [0.15, 0.2) is 30.9 Å². The Bertz CT molecular complexity index is 663. The molecule has 2 atom stereocenters. The van der Waals surface area contributed by atoms with Crippen molar-refractivity contribution in [3.8, 4) is 11.5 Å². The van der Waals surface area contributed by atoms with E-state index in [9.17, 15) is 4.79 Å². The molecule has 1 amide bonds. The van der Waals surface area contributed by atoms with E-state index in [0.29, 0.717) is 36.1 Å². The molecule has 3 aliphatic rings. The van der Waals surface area contributed by atoms with Gasteiger partial charge in [-0.2, -0.15) is 0 Å². The first-order chi connectivity index (χ1) is 12.2. The fourth-order valence-electron chi connectivity index (χ4n) is 3.86. The van der Waals surface area contributed by atoms with E-state index in [0.717, 1.165) is 32.6 Å². The lowest BCUT2D eigenvalue weighted by molar-refractivity contribution is -0.0171. The van der Waals surface area contributed by atoms with Crippen molar-refractivity contribution in [1.82, 2.24) is 9.80 Å². The number of hydrogen-bond donors (Lipinski definition) is 0. The Labute approximate surface area is 147 Å². The van der Waals surface area contributed by atoms with Crippen LogP contribution < -0.4 is 9.47 Å². The molecule has 0 aromatic heterocycles. The van der Waals surface area contributed by atoms with Gasteiger partial charge in [0.05, 0.1) is 12.7 Å². The maximum atomic E-state index is 12.9. The lowest BCUT2D eigenvalue weighted by Gasteiger charge is -2.38. The van der Waals surface area contributed by atoms with Crippen LogP contribution in [0.4, 0.5) is 0 Å². The largest absolute Gasteiger partial charge is 0.454 e. The van der Waals surface area contributed by atoms with Crippen LogP contribution in [-0.4, -0.2) is 67.9 Å². The summed E-state index contributed by atoms with van der Waals surface area (Å²) in [6, 6.07) is 5.38. The molecule has 25 heavy (non-hydrogen) atoms. The number of ether oxygens (including phenoxy) is 3. The lowest BCUT2D eigenvalue weighted by Crippen LogP contribution is -2.49. The van der Waals surface area contributed by atoms with Gasteiger partial charge in [-0.05, 0) is 24.6 Å². The molecule has 0 spiro atoms. The molecular formula is C19H24N2O4. The number of carbonyl (C=O) groups excluding carboxylic acids is 1. The quantitative estimate of drug-likeness (QED) is 0.782. The van der Waals surface area contributed by atoms with E-state index in [-0.39, 0.29) is 18.8 Å². The number of amides is 1. The molecule has 4 rings (SSSR count). The number of likely N-dealkylation sites (tertiary alicyclic amines) is 1. The Morgan fingerprint density at radius 3 is 3.00 bits per heavy atom. The van der Waals surface area contributed by atoms with Crippen LogP contribution >= 0.6 is 0 Å². The van der Waals surface area contributed by atoms with Crippen molar-refractivity contribution >= 4 is 5.91 Å². The van der Waals surface area contributed by atoms with Crippen molar-refractivity contribution in [1.29, 1.82) is 0 Å². The first kappa shape index (κ1) is 16.4. The summed E-state index contributed by atoms with van der Waals surface area (Å²) in [5, 5.41) is 0. The minimum Gasteiger partial charge on any atom is -0.454 e. The molecule has 1 aromatic rings. The summed E-state index contributed by atoms with van der Waals surface area (Å²) in [4.78, 5) is 17.2. The van der Waals surface area contributed by atoms with Crippen LogP contribution in [0.2, 0.25) is 0 Å². The molecule has 3 heterocycles. The van der Waals surface area contributed by atoms with Gasteiger partial charge in [0, 0.05) is 44.2 Å². The van der Waals surface area contributed by atoms with E-state index in [1.54, 1.807) is 12.1 Å². The smallest absolute Gasteiger partial charge is 0.254 e. The summed E-state index contributed by atoms with van der Waals surface area (Å²) in [7, 11) is 0. The minimum absolute atomic E-state index is 0.0348. The van der Waals surface area contributed by atoms with Crippen molar-refractivity contribution in [2.24, 2.45) is 5.92 Å². The molecular weight excluding hydrogens is 320 g/mol. The Morgan fingerprint density at radius 2 is 2.12 bits per heavy atom. The van der Waals surface area contributed by atoms with Gasteiger partial charge in [-0.15, -0.1) is 6.58 Å². The van der Waals surface area contributed by atoms with Crippen molar-refractivity contribution in [3.05, 3.63) is 36.4 Å². The SMILES string of the molecule is C=CCN1CCO[C@H]2CN(C(=O)c3ccc4c(c3)OCO4)CC[C@H]2C1. The molecule has 0 saturated carbocycles. The van der Waals surface area contributed by atoms with Gasteiger partial charge in [0.25, 0.3) is 5.91 Å². The van der Waals surface area contributed by atoms with Gasteiger partial charge >= 0.3 is 0 Å². The third kappa shape index (κ3) is 3.37. The van der Waals surface area contributed by atoms with E-state index in [4.69, 9.17) is 14.2 Å². The van der Waals surface area contributed by atoms with Gasteiger partial charge in [-0.3, -0.25) is 9.69 Å². The van der Waals surface area contributed by atoms with Gasteiger partial charge < -0.3 is 19.1 Å². The molecule has 134 valence electrons. The minimum atomic E-state index is 0.0348. The third-order valence-corrected chi connectivity index (χ3v) is 5.22. The molecule has 1 aromatic carbocycles. The van der Waals surface area contributed by atoms with Gasteiger partial charge in [-0.1, -0.05) is 6.08 Å². The van der Waals surface area contributed by atoms with Gasteiger partial charge in [0.1, 0.15) is 0 Å². The van der Waals surface area contributed by atoms with E-state index in [1.807, 2.05) is 17.0 Å². The number of nitrogens with zero attached hydrogens (tertiary/aromatic N) is 2. The fourth-order valence-corrected chi connectivity index (χ4v) is 3.86. The zero-order chi connectivity index (χ0) is 17.2. The Balaban J connectivity index is 1.43. The number of fused-ring (bicyclic) bond motifs is 2. The molecule has 2 fully saturated rings. The summed E-state index contributed by atoms with van der Waals surface area (Å²) < 4.78 is 16.8. The molecule has 2 saturated heterocycles. The van der Waals surface area contributed by atoms with Crippen LogP contribution in [-0.2, 0) is 4.74 Å². The summed E-state index contributed by atoms with van der Waals surface area (Å²) in [6.45, 7) is 9.01. The Hall–Kier alpha value is -2.05. The Morgan fingerprint density at radius 1 is 1.24 bits per heavy atom. The predicted molar refractivity (Wildman–Crippen MR) is 93.0 cm³/mol. The van der Waals surface area contributed by atoms with Crippen LogP contribution in [0.25, 0.3) is 0 Å².